The van der Waals surface area contributed by atoms with Gasteiger partial charge in [-0.05, 0) is 12.1 Å². The predicted molar refractivity (Wildman–Crippen MR) is 59.3 cm³/mol. The van der Waals surface area contributed by atoms with Gasteiger partial charge in [0.05, 0.1) is 10.1 Å². The molecule has 0 saturated heterocycles. The van der Waals surface area contributed by atoms with Gasteiger partial charge < -0.3 is 10.2 Å². The number of rotatable bonds is 2. The fourth-order valence-corrected chi connectivity index (χ4v) is 1.29. The minimum absolute atomic E-state index is 0.0623. The SMILES string of the molecule is O=C(CI)Nc1cccc2c1NOO2. The zero-order valence-electron chi connectivity index (χ0n) is 7.04. The van der Waals surface area contributed by atoms with E-state index in [1.807, 2.05) is 22.6 Å². The third-order valence-electron chi connectivity index (χ3n) is 1.70. The van der Waals surface area contributed by atoms with Gasteiger partial charge in [-0.25, -0.2) is 5.48 Å². The molecule has 0 fully saturated rings. The van der Waals surface area contributed by atoms with Gasteiger partial charge in [-0.1, -0.05) is 33.6 Å². The Kier molecular flexibility index (Phi) is 2.73. The molecule has 6 heteroatoms. The van der Waals surface area contributed by atoms with Gasteiger partial charge in [0.25, 0.3) is 0 Å². The largest absolute Gasteiger partial charge is 0.323 e. The summed E-state index contributed by atoms with van der Waals surface area (Å²) in [4.78, 5) is 20.5. The summed E-state index contributed by atoms with van der Waals surface area (Å²) in [7, 11) is 0. The van der Waals surface area contributed by atoms with Crippen molar-refractivity contribution in [2.45, 2.75) is 0 Å². The highest BCUT2D eigenvalue weighted by atomic mass is 127. The van der Waals surface area contributed by atoms with Crippen LogP contribution in [0.1, 0.15) is 0 Å². The van der Waals surface area contributed by atoms with Crippen LogP contribution in [-0.2, 0) is 9.78 Å². The quantitative estimate of drug-likeness (QED) is 0.496. The zero-order chi connectivity index (χ0) is 9.97. The molecule has 1 amide bonds. The monoisotopic (exact) mass is 306 g/mol. The summed E-state index contributed by atoms with van der Waals surface area (Å²) in [6.45, 7) is 0. The summed E-state index contributed by atoms with van der Waals surface area (Å²) in [5.41, 5.74) is 3.86. The molecule has 1 aromatic carbocycles. The van der Waals surface area contributed by atoms with Crippen LogP contribution in [0.3, 0.4) is 0 Å². The van der Waals surface area contributed by atoms with E-state index in [9.17, 15) is 4.79 Å². The average Bonchev–Trinajstić information content (AvgIpc) is 2.66. The molecule has 1 aliphatic heterocycles. The van der Waals surface area contributed by atoms with E-state index in [0.29, 0.717) is 21.6 Å². The molecular weight excluding hydrogens is 299 g/mol. The average molecular weight is 306 g/mol. The van der Waals surface area contributed by atoms with E-state index in [1.54, 1.807) is 18.2 Å². The molecule has 0 aliphatic carbocycles. The molecule has 14 heavy (non-hydrogen) atoms. The van der Waals surface area contributed by atoms with E-state index in [2.05, 4.69) is 15.8 Å². The van der Waals surface area contributed by atoms with Crippen LogP contribution in [0.5, 0.6) is 5.75 Å². The van der Waals surface area contributed by atoms with Gasteiger partial charge in [-0.3, -0.25) is 4.79 Å². The van der Waals surface area contributed by atoms with Gasteiger partial charge in [0.2, 0.25) is 5.91 Å². The smallest absolute Gasteiger partial charge is 0.234 e. The third-order valence-corrected chi connectivity index (χ3v) is 2.39. The maximum Gasteiger partial charge on any atom is 0.234 e. The van der Waals surface area contributed by atoms with E-state index < -0.39 is 0 Å². The van der Waals surface area contributed by atoms with E-state index in [4.69, 9.17) is 4.89 Å². The Balaban J connectivity index is 2.26. The first-order valence-corrected chi connectivity index (χ1v) is 5.42. The highest BCUT2D eigenvalue weighted by molar-refractivity contribution is 14.1. The normalized spacial score (nSPS) is 12.6. The number of carbonyl (C=O) groups is 1. The maximum atomic E-state index is 11.2. The van der Waals surface area contributed by atoms with Crippen molar-refractivity contribution in [3.8, 4) is 5.75 Å². The van der Waals surface area contributed by atoms with E-state index in [-0.39, 0.29) is 5.91 Å². The highest BCUT2D eigenvalue weighted by Crippen LogP contribution is 2.36. The molecule has 74 valence electrons. The molecule has 0 saturated carbocycles. The van der Waals surface area contributed by atoms with Gasteiger partial charge in [0.1, 0.15) is 5.69 Å². The standard InChI is InChI=1S/C8H7IN2O3/c9-4-7(12)10-5-2-1-3-6-8(5)11-14-13-6/h1-3,11H,4H2,(H,10,12). The Hall–Kier alpha value is -1.02. The van der Waals surface area contributed by atoms with Crippen molar-refractivity contribution in [2.75, 3.05) is 15.2 Å². The Morgan fingerprint density at radius 1 is 1.57 bits per heavy atom. The van der Waals surface area contributed by atoms with E-state index in [1.165, 1.54) is 0 Å². The number of fused-ring (bicyclic) bond motifs is 1. The Labute approximate surface area is 93.8 Å². The molecule has 0 atom stereocenters. The molecular formula is C8H7IN2O3. The lowest BCUT2D eigenvalue weighted by Gasteiger charge is -2.05. The van der Waals surface area contributed by atoms with Crippen molar-refractivity contribution in [1.82, 2.24) is 0 Å². The van der Waals surface area contributed by atoms with E-state index >= 15 is 0 Å². The van der Waals surface area contributed by atoms with Crippen molar-refractivity contribution in [1.29, 1.82) is 0 Å². The number of benzene rings is 1. The third kappa shape index (κ3) is 1.75. The number of alkyl halides is 1. The molecule has 0 spiro atoms. The van der Waals surface area contributed by atoms with Crippen LogP contribution in [0.15, 0.2) is 18.2 Å². The Bertz CT molecular complexity index is 370. The molecule has 1 aromatic rings. The number of anilines is 2. The summed E-state index contributed by atoms with van der Waals surface area (Å²) in [6.07, 6.45) is 0. The van der Waals surface area contributed by atoms with Gasteiger partial charge in [0.15, 0.2) is 5.75 Å². The van der Waals surface area contributed by atoms with Crippen LogP contribution in [0.4, 0.5) is 11.4 Å². The lowest BCUT2D eigenvalue weighted by Crippen LogP contribution is -2.12. The molecule has 2 N–H and O–H groups in total. The summed E-state index contributed by atoms with van der Waals surface area (Å²) < 4.78 is 0.406. The predicted octanol–water partition coefficient (Wildman–Crippen LogP) is 1.71. The van der Waals surface area contributed by atoms with Crippen LogP contribution in [0.2, 0.25) is 0 Å². The fraction of sp³-hybridized carbons (Fsp3) is 0.125. The van der Waals surface area contributed by atoms with Gasteiger partial charge in [-0.2, -0.15) is 0 Å². The number of halogens is 1. The number of nitrogens with one attached hydrogen (secondary N) is 2. The highest BCUT2D eigenvalue weighted by Gasteiger charge is 2.17. The summed E-state index contributed by atoms with van der Waals surface area (Å²) in [6, 6.07) is 5.29. The van der Waals surface area contributed by atoms with Crippen molar-refractivity contribution in [3.05, 3.63) is 18.2 Å². The molecule has 0 radical (unpaired) electrons. The maximum absolute atomic E-state index is 11.2. The summed E-state index contributed by atoms with van der Waals surface area (Å²) in [5.74, 6) is 0.504. The molecule has 0 unspecified atom stereocenters. The van der Waals surface area contributed by atoms with Gasteiger partial charge in [0, 0.05) is 0 Å². The molecule has 2 rings (SSSR count). The topological polar surface area (TPSA) is 59.6 Å². The molecule has 1 aliphatic rings. The first kappa shape index (κ1) is 9.53. The number of para-hydroxylation sites is 1. The fourth-order valence-electron chi connectivity index (χ4n) is 1.10. The Morgan fingerprint density at radius 3 is 3.21 bits per heavy atom. The lowest BCUT2D eigenvalue weighted by molar-refractivity contribution is -0.160. The van der Waals surface area contributed by atoms with Gasteiger partial charge >= 0.3 is 0 Å². The van der Waals surface area contributed by atoms with Gasteiger partial charge in [-0.15, -0.1) is 0 Å². The summed E-state index contributed by atoms with van der Waals surface area (Å²) >= 11 is 1.99. The minimum atomic E-state index is -0.0623. The van der Waals surface area contributed by atoms with Crippen LogP contribution in [-0.4, -0.2) is 10.3 Å². The summed E-state index contributed by atoms with van der Waals surface area (Å²) in [5, 5.41) is 2.72. The van der Waals surface area contributed by atoms with Crippen LogP contribution >= 0.6 is 22.6 Å². The number of hydrogen-bond acceptors (Lipinski definition) is 4. The lowest BCUT2D eigenvalue weighted by atomic mass is 10.2. The molecule has 0 bridgehead atoms. The minimum Gasteiger partial charge on any atom is -0.323 e. The molecule has 0 aromatic heterocycles. The first-order valence-electron chi connectivity index (χ1n) is 3.89. The molecule has 5 nitrogen and oxygen atoms in total. The molecule has 1 heterocycles. The first-order chi connectivity index (χ1) is 6.81. The Morgan fingerprint density at radius 2 is 2.43 bits per heavy atom. The second kappa shape index (κ2) is 4.01. The van der Waals surface area contributed by atoms with Crippen LogP contribution in [0, 0.1) is 0 Å². The van der Waals surface area contributed by atoms with Crippen molar-refractivity contribution in [2.24, 2.45) is 0 Å². The second-order valence-electron chi connectivity index (χ2n) is 2.63. The zero-order valence-corrected chi connectivity index (χ0v) is 9.20. The number of carbonyl (C=O) groups excluding carboxylic acids is 1. The van der Waals surface area contributed by atoms with Crippen molar-refractivity contribution in [3.63, 3.8) is 0 Å². The number of amides is 1. The van der Waals surface area contributed by atoms with Crippen LogP contribution < -0.4 is 15.7 Å². The second-order valence-corrected chi connectivity index (χ2v) is 3.39. The van der Waals surface area contributed by atoms with Crippen molar-refractivity contribution < 1.29 is 14.7 Å². The van der Waals surface area contributed by atoms with E-state index in [0.717, 1.165) is 0 Å². The number of hydrogen-bond donors (Lipinski definition) is 2. The van der Waals surface area contributed by atoms with Crippen LogP contribution in [0.25, 0.3) is 0 Å². The van der Waals surface area contributed by atoms with Crippen molar-refractivity contribution >= 4 is 39.9 Å².